The molecule has 1 aromatic heterocycles. The van der Waals surface area contributed by atoms with Gasteiger partial charge >= 0.3 is 0 Å². The zero-order valence-corrected chi connectivity index (χ0v) is 11.5. The van der Waals surface area contributed by atoms with Crippen molar-refractivity contribution in [3.63, 3.8) is 0 Å². The van der Waals surface area contributed by atoms with E-state index in [0.717, 1.165) is 11.5 Å². The number of nitrogens with zero attached hydrogens (tertiary/aromatic N) is 2. The number of anilines is 1. The topological polar surface area (TPSA) is 48.7 Å². The first kappa shape index (κ1) is 12.9. The van der Waals surface area contributed by atoms with Gasteiger partial charge < -0.3 is 5.32 Å². The van der Waals surface area contributed by atoms with Crippen molar-refractivity contribution in [2.24, 2.45) is 5.41 Å². The van der Waals surface area contributed by atoms with Gasteiger partial charge in [0.15, 0.2) is 0 Å². The van der Waals surface area contributed by atoms with Gasteiger partial charge in [0.1, 0.15) is 5.82 Å². The van der Waals surface area contributed by atoms with Crippen molar-refractivity contribution in [3.8, 4) is 6.07 Å². The van der Waals surface area contributed by atoms with Crippen molar-refractivity contribution in [3.05, 3.63) is 23.4 Å². The van der Waals surface area contributed by atoms with Gasteiger partial charge in [-0.25, -0.2) is 4.98 Å². The van der Waals surface area contributed by atoms with Crippen molar-refractivity contribution in [2.75, 3.05) is 5.32 Å². The highest BCUT2D eigenvalue weighted by Gasteiger charge is 2.26. The Morgan fingerprint density at radius 1 is 1.33 bits per heavy atom. The van der Waals surface area contributed by atoms with Gasteiger partial charge in [0.25, 0.3) is 0 Å². The molecule has 0 amide bonds. The van der Waals surface area contributed by atoms with Crippen LogP contribution in [0.4, 0.5) is 5.82 Å². The highest BCUT2D eigenvalue weighted by atomic mass is 15.0. The first-order chi connectivity index (χ1) is 8.48. The normalized spacial score (nSPS) is 19.2. The van der Waals surface area contributed by atoms with Crippen LogP contribution in [-0.2, 0) is 0 Å². The molecule has 0 saturated heterocycles. The molecule has 1 N–H and O–H groups in total. The standard InChI is InChI=1S/C15H21N3/c1-11-8-12(10-16)9-14(17-11)18-13-4-6-15(2,3)7-5-13/h8-9,13H,4-7H2,1-3H3,(H,17,18). The van der Waals surface area contributed by atoms with E-state index in [2.05, 4.69) is 30.2 Å². The summed E-state index contributed by atoms with van der Waals surface area (Å²) in [6.45, 7) is 6.60. The Kier molecular flexibility index (Phi) is 3.56. The van der Waals surface area contributed by atoms with Gasteiger partial charge in [0, 0.05) is 11.7 Å². The van der Waals surface area contributed by atoms with E-state index in [9.17, 15) is 0 Å². The third kappa shape index (κ3) is 3.22. The molecule has 0 bridgehead atoms. The molecule has 0 atom stereocenters. The minimum Gasteiger partial charge on any atom is -0.367 e. The molecule has 0 aliphatic heterocycles. The Morgan fingerprint density at radius 2 is 2.00 bits per heavy atom. The van der Waals surface area contributed by atoms with Crippen LogP contribution in [0.3, 0.4) is 0 Å². The Labute approximate surface area is 109 Å². The van der Waals surface area contributed by atoms with Crippen molar-refractivity contribution in [2.45, 2.75) is 52.5 Å². The second-order valence-corrected chi connectivity index (χ2v) is 6.08. The fraction of sp³-hybridized carbons (Fsp3) is 0.600. The summed E-state index contributed by atoms with van der Waals surface area (Å²) in [7, 11) is 0. The lowest BCUT2D eigenvalue weighted by atomic mass is 9.75. The summed E-state index contributed by atoms with van der Waals surface area (Å²) in [6.07, 6.45) is 4.87. The maximum absolute atomic E-state index is 8.96. The largest absolute Gasteiger partial charge is 0.367 e. The number of hydrogen-bond donors (Lipinski definition) is 1. The zero-order valence-electron chi connectivity index (χ0n) is 11.5. The van der Waals surface area contributed by atoms with E-state index in [1.54, 1.807) is 0 Å². The Bertz CT molecular complexity index is 461. The SMILES string of the molecule is Cc1cc(C#N)cc(NC2CCC(C)(C)CC2)n1. The summed E-state index contributed by atoms with van der Waals surface area (Å²) >= 11 is 0. The lowest BCUT2D eigenvalue weighted by Gasteiger charge is -2.34. The molecule has 1 aliphatic rings. The van der Waals surface area contributed by atoms with Crippen molar-refractivity contribution in [1.29, 1.82) is 5.26 Å². The smallest absolute Gasteiger partial charge is 0.127 e. The summed E-state index contributed by atoms with van der Waals surface area (Å²) in [5.74, 6) is 0.844. The van der Waals surface area contributed by atoms with Crippen LogP contribution >= 0.6 is 0 Å². The second-order valence-electron chi connectivity index (χ2n) is 6.08. The molecular formula is C15H21N3. The van der Waals surface area contributed by atoms with E-state index in [1.807, 2.05) is 19.1 Å². The molecule has 18 heavy (non-hydrogen) atoms. The molecule has 3 nitrogen and oxygen atoms in total. The molecule has 0 unspecified atom stereocenters. The number of hydrogen-bond acceptors (Lipinski definition) is 3. The second kappa shape index (κ2) is 4.97. The molecular weight excluding hydrogens is 222 g/mol. The number of aromatic nitrogens is 1. The van der Waals surface area contributed by atoms with E-state index >= 15 is 0 Å². The van der Waals surface area contributed by atoms with Crippen molar-refractivity contribution < 1.29 is 0 Å². The molecule has 1 fully saturated rings. The highest BCUT2D eigenvalue weighted by molar-refractivity contribution is 5.45. The molecule has 1 aromatic rings. The fourth-order valence-electron chi connectivity index (χ4n) is 2.56. The highest BCUT2D eigenvalue weighted by Crippen LogP contribution is 2.35. The first-order valence-corrected chi connectivity index (χ1v) is 6.64. The maximum atomic E-state index is 8.96. The average Bonchev–Trinajstić information content (AvgIpc) is 2.31. The van der Waals surface area contributed by atoms with Crippen LogP contribution in [0.5, 0.6) is 0 Å². The molecule has 0 spiro atoms. The lowest BCUT2D eigenvalue weighted by molar-refractivity contribution is 0.232. The summed E-state index contributed by atoms with van der Waals surface area (Å²) in [6, 6.07) is 6.33. The van der Waals surface area contributed by atoms with Crippen molar-refractivity contribution in [1.82, 2.24) is 4.98 Å². The van der Waals surface area contributed by atoms with Gasteiger partial charge in [-0.1, -0.05) is 13.8 Å². The summed E-state index contributed by atoms with van der Waals surface area (Å²) in [4.78, 5) is 4.45. The average molecular weight is 243 g/mol. The Hall–Kier alpha value is -1.56. The van der Waals surface area contributed by atoms with E-state index in [1.165, 1.54) is 25.7 Å². The molecule has 0 aromatic carbocycles. The minimum absolute atomic E-state index is 0.482. The summed E-state index contributed by atoms with van der Waals surface area (Å²) in [5.41, 5.74) is 2.06. The number of nitrogens with one attached hydrogen (secondary N) is 1. The Balaban J connectivity index is 2.02. The van der Waals surface area contributed by atoms with Gasteiger partial charge in [-0.15, -0.1) is 0 Å². The predicted molar refractivity (Wildman–Crippen MR) is 73.3 cm³/mol. The van der Waals surface area contributed by atoms with Crippen LogP contribution in [-0.4, -0.2) is 11.0 Å². The lowest BCUT2D eigenvalue weighted by Crippen LogP contribution is -2.30. The van der Waals surface area contributed by atoms with E-state index in [0.29, 0.717) is 17.0 Å². The number of nitriles is 1. The third-order valence-corrected chi connectivity index (χ3v) is 3.77. The quantitative estimate of drug-likeness (QED) is 0.862. The van der Waals surface area contributed by atoms with E-state index in [4.69, 9.17) is 5.26 Å². The van der Waals surface area contributed by atoms with Crippen LogP contribution in [0, 0.1) is 23.7 Å². The number of pyridine rings is 1. The predicted octanol–water partition coefficient (Wildman–Crippen LogP) is 3.64. The van der Waals surface area contributed by atoms with E-state index < -0.39 is 0 Å². The van der Waals surface area contributed by atoms with E-state index in [-0.39, 0.29) is 0 Å². The Morgan fingerprint density at radius 3 is 2.61 bits per heavy atom. The number of aryl methyl sites for hydroxylation is 1. The van der Waals surface area contributed by atoms with Crippen LogP contribution < -0.4 is 5.32 Å². The van der Waals surface area contributed by atoms with Gasteiger partial charge in [-0.3, -0.25) is 0 Å². The minimum atomic E-state index is 0.482. The molecule has 0 radical (unpaired) electrons. The van der Waals surface area contributed by atoms with Crippen LogP contribution in [0.15, 0.2) is 12.1 Å². The van der Waals surface area contributed by atoms with Crippen LogP contribution in [0.1, 0.15) is 50.8 Å². The van der Waals surface area contributed by atoms with Crippen LogP contribution in [0.25, 0.3) is 0 Å². The fourth-order valence-corrected chi connectivity index (χ4v) is 2.56. The molecule has 2 rings (SSSR count). The first-order valence-electron chi connectivity index (χ1n) is 6.64. The van der Waals surface area contributed by atoms with Crippen LogP contribution in [0.2, 0.25) is 0 Å². The van der Waals surface area contributed by atoms with Gasteiger partial charge in [0.05, 0.1) is 11.6 Å². The van der Waals surface area contributed by atoms with Gasteiger partial charge in [-0.2, -0.15) is 5.26 Å². The summed E-state index contributed by atoms with van der Waals surface area (Å²) in [5, 5.41) is 12.4. The van der Waals surface area contributed by atoms with Gasteiger partial charge in [-0.05, 0) is 50.2 Å². The monoisotopic (exact) mass is 243 g/mol. The molecule has 3 heteroatoms. The molecule has 1 heterocycles. The zero-order chi connectivity index (χ0) is 13.2. The number of rotatable bonds is 2. The van der Waals surface area contributed by atoms with Gasteiger partial charge in [0.2, 0.25) is 0 Å². The molecule has 1 saturated carbocycles. The van der Waals surface area contributed by atoms with Crippen molar-refractivity contribution >= 4 is 5.82 Å². The molecule has 96 valence electrons. The summed E-state index contributed by atoms with van der Waals surface area (Å²) < 4.78 is 0. The molecule has 1 aliphatic carbocycles. The maximum Gasteiger partial charge on any atom is 0.127 e. The third-order valence-electron chi connectivity index (χ3n) is 3.77.